The summed E-state index contributed by atoms with van der Waals surface area (Å²) in [6.45, 7) is 1.67. The SMILES string of the molecule is CCC[C@H](NC(=O)c1cc(C(F)(F)F)ccc1F)C(=O)O. The first kappa shape index (κ1) is 16.9. The summed E-state index contributed by atoms with van der Waals surface area (Å²) < 4.78 is 51.0. The predicted molar refractivity (Wildman–Crippen MR) is 65.2 cm³/mol. The van der Waals surface area contributed by atoms with E-state index in [1.165, 1.54) is 0 Å². The van der Waals surface area contributed by atoms with Crippen molar-refractivity contribution in [3.05, 3.63) is 35.1 Å². The van der Waals surface area contributed by atoms with Gasteiger partial charge in [0, 0.05) is 0 Å². The van der Waals surface area contributed by atoms with Crippen molar-refractivity contribution >= 4 is 11.9 Å². The van der Waals surface area contributed by atoms with E-state index in [9.17, 15) is 27.2 Å². The quantitative estimate of drug-likeness (QED) is 0.822. The molecule has 1 rings (SSSR count). The molecular weight excluding hydrogens is 294 g/mol. The van der Waals surface area contributed by atoms with Crippen molar-refractivity contribution in [2.75, 3.05) is 0 Å². The van der Waals surface area contributed by atoms with Gasteiger partial charge >= 0.3 is 12.1 Å². The number of carboxylic acids is 1. The molecule has 0 heterocycles. The number of carboxylic acid groups (broad SMARTS) is 1. The molecule has 0 saturated heterocycles. The Bertz CT molecular complexity index is 543. The Balaban J connectivity index is 3.04. The van der Waals surface area contributed by atoms with Crippen LogP contribution in [0.3, 0.4) is 0 Å². The molecule has 0 aliphatic carbocycles. The number of amides is 1. The number of hydrogen-bond donors (Lipinski definition) is 2. The van der Waals surface area contributed by atoms with Crippen molar-refractivity contribution in [3.63, 3.8) is 0 Å². The van der Waals surface area contributed by atoms with Gasteiger partial charge < -0.3 is 10.4 Å². The van der Waals surface area contributed by atoms with Crippen LogP contribution in [0, 0.1) is 5.82 Å². The lowest BCUT2D eigenvalue weighted by atomic mass is 10.1. The van der Waals surface area contributed by atoms with Crippen LogP contribution in [0.2, 0.25) is 0 Å². The molecule has 1 amide bonds. The predicted octanol–water partition coefficient (Wildman–Crippen LogP) is 2.83. The maximum absolute atomic E-state index is 13.5. The van der Waals surface area contributed by atoms with E-state index in [2.05, 4.69) is 0 Å². The molecule has 0 radical (unpaired) electrons. The second-order valence-electron chi connectivity index (χ2n) is 4.35. The Kier molecular flexibility index (Phi) is 5.28. The van der Waals surface area contributed by atoms with Crippen LogP contribution in [-0.2, 0) is 11.0 Å². The molecule has 0 aromatic heterocycles. The number of carbonyl (C=O) groups is 2. The van der Waals surface area contributed by atoms with Crippen molar-refractivity contribution < 1.29 is 32.3 Å². The summed E-state index contributed by atoms with van der Waals surface area (Å²) >= 11 is 0. The molecule has 1 aromatic carbocycles. The summed E-state index contributed by atoms with van der Waals surface area (Å²) in [5, 5.41) is 10.9. The zero-order valence-electron chi connectivity index (χ0n) is 11.0. The Hall–Kier alpha value is -2.12. The molecule has 0 bridgehead atoms. The van der Waals surface area contributed by atoms with Crippen LogP contribution in [0.5, 0.6) is 0 Å². The van der Waals surface area contributed by atoms with E-state index in [1.54, 1.807) is 6.92 Å². The van der Waals surface area contributed by atoms with Gasteiger partial charge in [0.1, 0.15) is 11.9 Å². The molecule has 21 heavy (non-hydrogen) atoms. The van der Waals surface area contributed by atoms with Crippen LogP contribution in [-0.4, -0.2) is 23.0 Å². The van der Waals surface area contributed by atoms with Gasteiger partial charge in [0.2, 0.25) is 0 Å². The van der Waals surface area contributed by atoms with Gasteiger partial charge in [0.15, 0.2) is 0 Å². The summed E-state index contributed by atoms with van der Waals surface area (Å²) in [5.41, 5.74) is -2.02. The Morgan fingerprint density at radius 1 is 1.33 bits per heavy atom. The van der Waals surface area contributed by atoms with Gasteiger partial charge in [-0.1, -0.05) is 13.3 Å². The lowest BCUT2D eigenvalue weighted by Gasteiger charge is -2.15. The highest BCUT2D eigenvalue weighted by molar-refractivity contribution is 5.97. The fraction of sp³-hybridized carbons (Fsp3) is 0.385. The van der Waals surface area contributed by atoms with Crippen LogP contribution in [0.15, 0.2) is 18.2 Å². The molecule has 0 fully saturated rings. The minimum absolute atomic E-state index is 0.0850. The third-order valence-electron chi connectivity index (χ3n) is 2.72. The van der Waals surface area contributed by atoms with Crippen molar-refractivity contribution in [2.24, 2.45) is 0 Å². The zero-order valence-corrected chi connectivity index (χ0v) is 11.0. The molecule has 1 aromatic rings. The van der Waals surface area contributed by atoms with Crippen LogP contribution in [0.1, 0.15) is 35.7 Å². The minimum atomic E-state index is -4.72. The number of benzene rings is 1. The molecule has 0 aliphatic rings. The van der Waals surface area contributed by atoms with Crippen LogP contribution >= 0.6 is 0 Å². The Morgan fingerprint density at radius 3 is 2.43 bits per heavy atom. The lowest BCUT2D eigenvalue weighted by molar-refractivity contribution is -0.139. The molecule has 116 valence electrons. The average molecular weight is 307 g/mol. The van der Waals surface area contributed by atoms with Gasteiger partial charge in [-0.05, 0) is 24.6 Å². The number of aliphatic carboxylic acids is 1. The van der Waals surface area contributed by atoms with Gasteiger partial charge in [-0.2, -0.15) is 13.2 Å². The summed E-state index contributed by atoms with van der Waals surface area (Å²) in [7, 11) is 0. The maximum atomic E-state index is 13.5. The van der Waals surface area contributed by atoms with E-state index in [-0.39, 0.29) is 6.42 Å². The van der Waals surface area contributed by atoms with E-state index in [0.29, 0.717) is 24.6 Å². The minimum Gasteiger partial charge on any atom is -0.480 e. The molecule has 4 nitrogen and oxygen atoms in total. The number of hydrogen-bond acceptors (Lipinski definition) is 2. The second kappa shape index (κ2) is 6.55. The van der Waals surface area contributed by atoms with E-state index in [4.69, 9.17) is 5.11 Å². The third kappa shape index (κ3) is 4.44. The molecule has 0 unspecified atom stereocenters. The highest BCUT2D eigenvalue weighted by atomic mass is 19.4. The van der Waals surface area contributed by atoms with E-state index in [0.717, 1.165) is 0 Å². The second-order valence-corrected chi connectivity index (χ2v) is 4.35. The fourth-order valence-corrected chi connectivity index (χ4v) is 1.66. The number of nitrogens with one attached hydrogen (secondary N) is 1. The lowest BCUT2D eigenvalue weighted by Crippen LogP contribution is -2.41. The maximum Gasteiger partial charge on any atom is 0.416 e. The molecule has 0 saturated carbocycles. The van der Waals surface area contributed by atoms with E-state index in [1.807, 2.05) is 5.32 Å². The topological polar surface area (TPSA) is 66.4 Å². The summed E-state index contributed by atoms with van der Waals surface area (Å²) in [6.07, 6.45) is -4.21. The van der Waals surface area contributed by atoms with Crippen molar-refractivity contribution in [2.45, 2.75) is 32.0 Å². The van der Waals surface area contributed by atoms with Gasteiger partial charge in [-0.3, -0.25) is 4.79 Å². The van der Waals surface area contributed by atoms with E-state index >= 15 is 0 Å². The Morgan fingerprint density at radius 2 is 1.95 bits per heavy atom. The van der Waals surface area contributed by atoms with Crippen LogP contribution in [0.4, 0.5) is 17.6 Å². The van der Waals surface area contributed by atoms with Gasteiger partial charge in [0.25, 0.3) is 5.91 Å². The zero-order chi connectivity index (χ0) is 16.2. The van der Waals surface area contributed by atoms with Gasteiger partial charge in [0.05, 0.1) is 11.1 Å². The first-order chi connectivity index (χ1) is 9.66. The third-order valence-corrected chi connectivity index (χ3v) is 2.72. The smallest absolute Gasteiger partial charge is 0.416 e. The largest absolute Gasteiger partial charge is 0.480 e. The normalized spacial score (nSPS) is 12.8. The summed E-state index contributed by atoms with van der Waals surface area (Å²) in [6, 6.07) is 0.104. The molecule has 8 heteroatoms. The first-order valence-electron chi connectivity index (χ1n) is 6.07. The van der Waals surface area contributed by atoms with Gasteiger partial charge in [-0.25, -0.2) is 9.18 Å². The summed E-state index contributed by atoms with van der Waals surface area (Å²) in [5.74, 6) is -3.68. The standard InChI is InChI=1S/C13H13F4NO3/c1-2-3-10(12(20)21)18-11(19)8-6-7(13(15,16)17)4-5-9(8)14/h4-6,10H,2-3H2,1H3,(H,18,19)(H,20,21)/t10-/m0/s1. The average Bonchev–Trinajstić information content (AvgIpc) is 2.36. The molecule has 2 N–H and O–H groups in total. The Labute approximate surface area is 117 Å². The number of halogens is 4. The van der Waals surface area contributed by atoms with Crippen molar-refractivity contribution in [3.8, 4) is 0 Å². The molecular formula is C13H13F4NO3. The summed E-state index contributed by atoms with van der Waals surface area (Å²) in [4.78, 5) is 22.6. The number of rotatable bonds is 5. The highest BCUT2D eigenvalue weighted by Crippen LogP contribution is 2.30. The monoisotopic (exact) mass is 307 g/mol. The molecule has 1 atom stereocenters. The van der Waals surface area contributed by atoms with Crippen molar-refractivity contribution in [1.82, 2.24) is 5.32 Å². The molecule has 0 aliphatic heterocycles. The van der Waals surface area contributed by atoms with Crippen LogP contribution < -0.4 is 5.32 Å². The fourth-order valence-electron chi connectivity index (χ4n) is 1.66. The van der Waals surface area contributed by atoms with Crippen molar-refractivity contribution in [1.29, 1.82) is 0 Å². The van der Waals surface area contributed by atoms with Crippen LogP contribution in [0.25, 0.3) is 0 Å². The number of carbonyl (C=O) groups excluding carboxylic acids is 1. The van der Waals surface area contributed by atoms with Gasteiger partial charge in [-0.15, -0.1) is 0 Å². The first-order valence-corrected chi connectivity index (χ1v) is 6.07. The number of alkyl halides is 3. The highest BCUT2D eigenvalue weighted by Gasteiger charge is 2.32. The molecule has 0 spiro atoms. The van der Waals surface area contributed by atoms with E-state index < -0.39 is 41.0 Å².